The summed E-state index contributed by atoms with van der Waals surface area (Å²) in [6.45, 7) is 9.90. The minimum absolute atomic E-state index is 0.162. The fourth-order valence-corrected chi connectivity index (χ4v) is 1.92. The standard InChI is InChI=1S/C10H20O4Si/c1-8(2)10(11)13-7-9(6-12-3)14-15(4)5/h9,15H,1,6-7H2,2-5H3. The van der Waals surface area contributed by atoms with E-state index in [0.717, 1.165) is 0 Å². The summed E-state index contributed by atoms with van der Waals surface area (Å²) in [5.74, 6) is -0.384. The summed E-state index contributed by atoms with van der Waals surface area (Å²) in [6.07, 6.45) is -0.162. The van der Waals surface area contributed by atoms with Crippen LogP contribution in [0.3, 0.4) is 0 Å². The maximum absolute atomic E-state index is 11.1. The van der Waals surface area contributed by atoms with Gasteiger partial charge in [-0.25, -0.2) is 4.79 Å². The molecule has 0 rings (SSSR count). The van der Waals surface area contributed by atoms with E-state index in [1.165, 1.54) is 0 Å². The molecule has 0 aromatic carbocycles. The molecular formula is C10H20O4Si. The van der Waals surface area contributed by atoms with Crippen LogP contribution >= 0.6 is 0 Å². The predicted octanol–water partition coefficient (Wildman–Crippen LogP) is 1.12. The van der Waals surface area contributed by atoms with Crippen LogP contribution in [-0.2, 0) is 18.7 Å². The maximum atomic E-state index is 11.1. The second-order valence-electron chi connectivity index (χ2n) is 3.64. The fourth-order valence-electron chi connectivity index (χ4n) is 0.989. The first-order chi connectivity index (χ1) is 6.97. The molecule has 0 amide bonds. The lowest BCUT2D eigenvalue weighted by Crippen LogP contribution is -2.30. The minimum Gasteiger partial charge on any atom is -0.460 e. The summed E-state index contributed by atoms with van der Waals surface area (Å²) >= 11 is 0. The van der Waals surface area contributed by atoms with Gasteiger partial charge in [-0.05, 0) is 20.0 Å². The minimum atomic E-state index is -1.14. The number of esters is 1. The summed E-state index contributed by atoms with van der Waals surface area (Å²) in [5.41, 5.74) is 0.396. The van der Waals surface area contributed by atoms with Crippen LogP contribution in [0.4, 0.5) is 0 Å². The SMILES string of the molecule is C=C(C)C(=O)OCC(COC)O[SiH](C)C. The molecule has 0 aliphatic heterocycles. The molecule has 0 saturated heterocycles. The quantitative estimate of drug-likeness (QED) is 0.375. The monoisotopic (exact) mass is 232 g/mol. The van der Waals surface area contributed by atoms with Gasteiger partial charge >= 0.3 is 5.97 Å². The number of rotatable bonds is 7. The molecule has 0 bridgehead atoms. The molecule has 0 aromatic heterocycles. The highest BCUT2D eigenvalue weighted by molar-refractivity contribution is 6.48. The molecule has 5 heteroatoms. The summed E-state index contributed by atoms with van der Waals surface area (Å²) in [7, 11) is 0.455. The molecular weight excluding hydrogens is 212 g/mol. The zero-order chi connectivity index (χ0) is 11.8. The normalized spacial score (nSPS) is 12.6. The highest BCUT2D eigenvalue weighted by Crippen LogP contribution is 2.00. The lowest BCUT2D eigenvalue weighted by atomic mass is 10.3. The molecule has 0 aromatic rings. The number of carbonyl (C=O) groups excluding carboxylic acids is 1. The molecule has 4 nitrogen and oxygen atoms in total. The van der Waals surface area contributed by atoms with Crippen molar-refractivity contribution in [2.75, 3.05) is 20.3 Å². The Kier molecular flexibility index (Phi) is 7.28. The Morgan fingerprint density at radius 3 is 2.40 bits per heavy atom. The third-order valence-electron chi connectivity index (χ3n) is 1.57. The molecule has 0 spiro atoms. The van der Waals surface area contributed by atoms with Crippen molar-refractivity contribution < 1.29 is 18.7 Å². The van der Waals surface area contributed by atoms with E-state index in [4.69, 9.17) is 13.9 Å². The molecule has 1 unspecified atom stereocenters. The van der Waals surface area contributed by atoms with Crippen molar-refractivity contribution >= 4 is 15.0 Å². The van der Waals surface area contributed by atoms with Gasteiger partial charge in [-0.2, -0.15) is 0 Å². The third kappa shape index (κ3) is 7.30. The van der Waals surface area contributed by atoms with E-state index in [9.17, 15) is 4.79 Å². The number of methoxy groups -OCH3 is 1. The summed E-state index contributed by atoms with van der Waals surface area (Å²) in [6, 6.07) is 0. The first kappa shape index (κ1) is 14.3. The first-order valence-corrected chi connectivity index (χ1v) is 7.72. The molecule has 0 radical (unpaired) electrons. The highest BCUT2D eigenvalue weighted by atomic mass is 28.3. The smallest absolute Gasteiger partial charge is 0.333 e. The molecule has 1 atom stereocenters. The largest absolute Gasteiger partial charge is 0.460 e. The van der Waals surface area contributed by atoms with Crippen molar-refractivity contribution in [2.24, 2.45) is 0 Å². The zero-order valence-electron chi connectivity index (χ0n) is 9.91. The average molecular weight is 232 g/mol. The molecule has 0 N–H and O–H groups in total. The van der Waals surface area contributed by atoms with E-state index < -0.39 is 9.04 Å². The van der Waals surface area contributed by atoms with E-state index in [1.54, 1.807) is 14.0 Å². The van der Waals surface area contributed by atoms with Gasteiger partial charge in [-0.3, -0.25) is 0 Å². The van der Waals surface area contributed by atoms with E-state index in [0.29, 0.717) is 12.2 Å². The van der Waals surface area contributed by atoms with E-state index >= 15 is 0 Å². The number of hydrogen-bond acceptors (Lipinski definition) is 4. The topological polar surface area (TPSA) is 44.8 Å². The van der Waals surface area contributed by atoms with Crippen molar-refractivity contribution in [1.82, 2.24) is 0 Å². The van der Waals surface area contributed by atoms with Gasteiger partial charge in [0.25, 0.3) is 0 Å². The molecule has 0 aliphatic rings. The Morgan fingerprint density at radius 1 is 1.40 bits per heavy atom. The summed E-state index contributed by atoms with van der Waals surface area (Å²) < 4.78 is 15.6. The van der Waals surface area contributed by atoms with Crippen LogP contribution in [0.2, 0.25) is 13.1 Å². The second-order valence-corrected chi connectivity index (χ2v) is 6.01. The molecule has 88 valence electrons. The van der Waals surface area contributed by atoms with Crippen molar-refractivity contribution in [3.05, 3.63) is 12.2 Å². The van der Waals surface area contributed by atoms with Gasteiger partial charge in [0.1, 0.15) is 12.7 Å². The zero-order valence-corrected chi connectivity index (χ0v) is 11.1. The fraction of sp³-hybridized carbons (Fsp3) is 0.700. The lowest BCUT2D eigenvalue weighted by Gasteiger charge is -2.19. The van der Waals surface area contributed by atoms with Crippen LogP contribution in [0, 0.1) is 0 Å². The van der Waals surface area contributed by atoms with Gasteiger partial charge in [0.05, 0.1) is 6.61 Å². The number of carbonyl (C=O) groups is 1. The molecule has 0 heterocycles. The van der Waals surface area contributed by atoms with Crippen molar-refractivity contribution in [3.8, 4) is 0 Å². The molecule has 15 heavy (non-hydrogen) atoms. The van der Waals surface area contributed by atoms with Gasteiger partial charge in [-0.15, -0.1) is 0 Å². The van der Waals surface area contributed by atoms with Crippen molar-refractivity contribution in [1.29, 1.82) is 0 Å². The van der Waals surface area contributed by atoms with Gasteiger partial charge in [0.15, 0.2) is 9.04 Å². The third-order valence-corrected chi connectivity index (χ3v) is 2.50. The Balaban J connectivity index is 3.94. The van der Waals surface area contributed by atoms with Gasteiger partial charge in [-0.1, -0.05) is 6.58 Å². The number of ether oxygens (including phenoxy) is 2. The Labute approximate surface area is 92.9 Å². The first-order valence-electron chi connectivity index (χ1n) is 4.94. The van der Waals surface area contributed by atoms with Gasteiger partial charge < -0.3 is 13.9 Å². The Morgan fingerprint density at radius 2 is 2.00 bits per heavy atom. The van der Waals surface area contributed by atoms with Gasteiger partial charge in [0, 0.05) is 12.7 Å². The maximum Gasteiger partial charge on any atom is 0.333 e. The predicted molar refractivity (Wildman–Crippen MR) is 61.4 cm³/mol. The molecule has 0 fully saturated rings. The van der Waals surface area contributed by atoms with Crippen LogP contribution in [0.1, 0.15) is 6.92 Å². The van der Waals surface area contributed by atoms with Crippen LogP contribution < -0.4 is 0 Å². The van der Waals surface area contributed by atoms with Crippen LogP contribution in [-0.4, -0.2) is 41.4 Å². The average Bonchev–Trinajstić information content (AvgIpc) is 2.13. The van der Waals surface area contributed by atoms with E-state index in [1.807, 2.05) is 0 Å². The molecule has 0 aliphatic carbocycles. The second kappa shape index (κ2) is 7.61. The van der Waals surface area contributed by atoms with Crippen LogP contribution in [0.5, 0.6) is 0 Å². The van der Waals surface area contributed by atoms with E-state index in [2.05, 4.69) is 19.7 Å². The van der Waals surface area contributed by atoms with E-state index in [-0.39, 0.29) is 18.7 Å². The Bertz CT molecular complexity index is 215. The summed E-state index contributed by atoms with van der Waals surface area (Å²) in [5, 5.41) is 0. The van der Waals surface area contributed by atoms with Crippen molar-refractivity contribution in [3.63, 3.8) is 0 Å². The van der Waals surface area contributed by atoms with Crippen LogP contribution in [0.15, 0.2) is 12.2 Å². The highest BCUT2D eigenvalue weighted by Gasteiger charge is 2.14. The van der Waals surface area contributed by atoms with Crippen molar-refractivity contribution in [2.45, 2.75) is 26.1 Å². The summed E-state index contributed by atoms with van der Waals surface area (Å²) in [4.78, 5) is 11.1. The number of hydrogen-bond donors (Lipinski definition) is 0. The van der Waals surface area contributed by atoms with Crippen LogP contribution in [0.25, 0.3) is 0 Å². The van der Waals surface area contributed by atoms with Gasteiger partial charge in [0.2, 0.25) is 0 Å². The Hall–Kier alpha value is -0.653. The lowest BCUT2D eigenvalue weighted by molar-refractivity contribution is -0.142. The molecule has 0 saturated carbocycles.